The van der Waals surface area contributed by atoms with Crippen molar-refractivity contribution < 1.29 is 28.3 Å². The molecule has 0 bridgehead atoms. The molecule has 3 heterocycles. The maximum Gasteiger partial charge on any atom is 0.410 e. The Bertz CT molecular complexity index is 1610. The molecule has 4 amide bonds. The molecule has 1 saturated heterocycles. The largest absolute Gasteiger partial charge is 0.444 e. The molecule has 2 fully saturated rings. The average Bonchev–Trinajstić information content (AvgIpc) is 3.75. The molecule has 1 aliphatic heterocycles. The number of nitrogens with one attached hydrogen (secondary N) is 1. The van der Waals surface area contributed by atoms with E-state index < -0.39 is 29.7 Å². The summed E-state index contributed by atoms with van der Waals surface area (Å²) in [5, 5.41) is 3.05. The Labute approximate surface area is 294 Å². The predicted octanol–water partition coefficient (Wildman–Crippen LogP) is 5.47. The summed E-state index contributed by atoms with van der Waals surface area (Å²) in [4.78, 5) is 64.3. The molecule has 0 spiro atoms. The minimum Gasteiger partial charge on any atom is -0.444 e. The Morgan fingerprint density at radius 2 is 1.74 bits per heavy atom. The van der Waals surface area contributed by atoms with Crippen LogP contribution in [0.2, 0.25) is 0 Å². The molecule has 11 nitrogen and oxygen atoms in total. The summed E-state index contributed by atoms with van der Waals surface area (Å²) >= 11 is 0. The van der Waals surface area contributed by atoms with Crippen molar-refractivity contribution in [1.82, 2.24) is 29.4 Å². The minimum absolute atomic E-state index is 0.0327. The van der Waals surface area contributed by atoms with Crippen LogP contribution in [0.15, 0.2) is 54.9 Å². The van der Waals surface area contributed by atoms with Crippen molar-refractivity contribution in [2.75, 3.05) is 26.7 Å². The first-order valence-electron chi connectivity index (χ1n) is 17.8. The monoisotopic (exact) mass is 690 g/mol. The molecule has 3 aromatic rings. The van der Waals surface area contributed by atoms with Crippen molar-refractivity contribution in [3.63, 3.8) is 0 Å². The van der Waals surface area contributed by atoms with Gasteiger partial charge in [0.1, 0.15) is 34.8 Å². The van der Waals surface area contributed by atoms with Crippen molar-refractivity contribution in [2.45, 2.75) is 103 Å². The van der Waals surface area contributed by atoms with Gasteiger partial charge in [-0.25, -0.2) is 14.2 Å². The maximum atomic E-state index is 14.5. The van der Waals surface area contributed by atoms with E-state index in [1.165, 1.54) is 24.1 Å². The lowest BCUT2D eigenvalue weighted by Gasteiger charge is -2.37. The fourth-order valence-corrected chi connectivity index (χ4v) is 6.93. The van der Waals surface area contributed by atoms with E-state index in [1.807, 2.05) is 29.3 Å². The van der Waals surface area contributed by atoms with Gasteiger partial charge in [0, 0.05) is 45.1 Å². The zero-order valence-electron chi connectivity index (χ0n) is 29.9. The molecule has 3 atom stereocenters. The van der Waals surface area contributed by atoms with E-state index in [4.69, 9.17) is 4.74 Å². The second-order valence-corrected chi connectivity index (χ2v) is 14.7. The number of hydrogen-bond acceptors (Lipinski definition) is 6. The lowest BCUT2D eigenvalue weighted by molar-refractivity contribution is -0.140. The SMILES string of the molecule is C[C@@H](C(=O)N[C@H](C(=O)N1CCC[C@H]1CN(CCc1ccc(F)cc1)C(=O)c1cn2ccccc2n1)C1CCCCC1)N(C)C(=O)OC(C)(C)C. The number of likely N-dealkylation sites (N-methyl/N-ethyl adjacent to an activating group) is 1. The first-order valence-corrected chi connectivity index (χ1v) is 17.8. The number of aromatic nitrogens is 2. The predicted molar refractivity (Wildman–Crippen MR) is 188 cm³/mol. The molecule has 1 aliphatic carbocycles. The topological polar surface area (TPSA) is 117 Å². The van der Waals surface area contributed by atoms with E-state index in [0.29, 0.717) is 43.8 Å². The highest BCUT2D eigenvalue weighted by Gasteiger charge is 2.40. The minimum atomic E-state index is -0.858. The van der Waals surface area contributed by atoms with Gasteiger partial charge in [-0.1, -0.05) is 37.5 Å². The number of pyridine rings is 1. The molecule has 270 valence electrons. The van der Waals surface area contributed by atoms with E-state index in [9.17, 15) is 23.6 Å². The summed E-state index contributed by atoms with van der Waals surface area (Å²) in [7, 11) is 1.52. The van der Waals surface area contributed by atoms with Gasteiger partial charge >= 0.3 is 6.09 Å². The van der Waals surface area contributed by atoms with Crippen molar-refractivity contribution >= 4 is 29.5 Å². The molecule has 1 N–H and O–H groups in total. The van der Waals surface area contributed by atoms with E-state index in [0.717, 1.165) is 44.1 Å². The average molecular weight is 691 g/mol. The third kappa shape index (κ3) is 9.19. The Morgan fingerprint density at radius 3 is 2.42 bits per heavy atom. The van der Waals surface area contributed by atoms with E-state index in [-0.39, 0.29) is 29.6 Å². The summed E-state index contributed by atoms with van der Waals surface area (Å²) < 4.78 is 20.9. The molecule has 5 rings (SSSR count). The first kappa shape index (κ1) is 36.8. The van der Waals surface area contributed by atoms with Crippen molar-refractivity contribution in [2.24, 2.45) is 5.92 Å². The van der Waals surface area contributed by atoms with Gasteiger partial charge in [-0.3, -0.25) is 19.3 Å². The quantitative estimate of drug-likeness (QED) is 0.285. The number of halogens is 1. The fraction of sp³-hybridized carbons (Fsp3) is 0.553. The molecule has 2 aromatic heterocycles. The lowest BCUT2D eigenvalue weighted by atomic mass is 9.83. The number of likely N-dealkylation sites (tertiary alicyclic amines) is 1. The number of hydrogen-bond donors (Lipinski definition) is 1. The maximum absolute atomic E-state index is 14.5. The van der Waals surface area contributed by atoms with Crippen LogP contribution in [0.5, 0.6) is 0 Å². The molecule has 2 aliphatic rings. The van der Waals surface area contributed by atoms with Gasteiger partial charge in [0.25, 0.3) is 5.91 Å². The number of imidazole rings is 1. The number of nitrogens with zero attached hydrogens (tertiary/aromatic N) is 5. The first-order chi connectivity index (χ1) is 23.8. The van der Waals surface area contributed by atoms with Gasteiger partial charge in [0.15, 0.2) is 0 Å². The molecule has 50 heavy (non-hydrogen) atoms. The highest BCUT2D eigenvalue weighted by atomic mass is 19.1. The number of rotatable bonds is 11. The second kappa shape index (κ2) is 16.0. The summed E-state index contributed by atoms with van der Waals surface area (Å²) in [6.45, 7) is 8.10. The molecule has 0 unspecified atom stereocenters. The molecular formula is C38H51FN6O5. The Balaban J connectivity index is 1.35. The molecule has 1 aromatic carbocycles. The van der Waals surface area contributed by atoms with Crippen molar-refractivity contribution in [1.29, 1.82) is 0 Å². The van der Waals surface area contributed by atoms with Crippen LogP contribution in [0.4, 0.5) is 9.18 Å². The van der Waals surface area contributed by atoms with Gasteiger partial charge in [-0.05, 0) is 95.5 Å². The standard InChI is InChI=1S/C38H51FN6O5/c1-26(42(5)37(49)50-38(2,3)4)34(46)41-33(28-12-7-6-8-13-28)36(48)45-22-11-14-30(45)24-44(23-20-27-16-18-29(39)19-17-27)35(47)31-25-43-21-10-9-15-32(43)40-31/h9-10,15-19,21,25-26,28,30,33H,6-8,11-14,20,22-24H2,1-5H3,(H,41,46)/t26-,30-,33-/m0/s1. The molecular weight excluding hydrogens is 639 g/mol. The Hall–Kier alpha value is -4.48. The summed E-state index contributed by atoms with van der Waals surface area (Å²) in [6.07, 6.45) is 9.61. The van der Waals surface area contributed by atoms with E-state index in [1.54, 1.807) is 55.3 Å². The van der Waals surface area contributed by atoms with Crippen LogP contribution >= 0.6 is 0 Å². The zero-order chi connectivity index (χ0) is 36.0. The van der Waals surface area contributed by atoms with Crippen LogP contribution in [0.1, 0.15) is 88.7 Å². The van der Waals surface area contributed by atoms with Gasteiger partial charge in [-0.15, -0.1) is 0 Å². The summed E-state index contributed by atoms with van der Waals surface area (Å²) in [5.74, 6) is -1.17. The number of fused-ring (bicyclic) bond motifs is 1. The van der Waals surface area contributed by atoms with Crippen molar-refractivity contribution in [3.05, 3.63) is 71.9 Å². The zero-order valence-corrected chi connectivity index (χ0v) is 29.9. The summed E-state index contributed by atoms with van der Waals surface area (Å²) in [5.41, 5.74) is 1.14. The normalized spacial score (nSPS) is 18.0. The van der Waals surface area contributed by atoms with Crippen LogP contribution in [0.25, 0.3) is 5.65 Å². The summed E-state index contributed by atoms with van der Waals surface area (Å²) in [6, 6.07) is 9.95. The fourth-order valence-electron chi connectivity index (χ4n) is 6.93. The highest BCUT2D eigenvalue weighted by molar-refractivity contribution is 5.93. The van der Waals surface area contributed by atoms with Gasteiger partial charge in [-0.2, -0.15) is 0 Å². The van der Waals surface area contributed by atoms with Gasteiger partial charge in [0.2, 0.25) is 11.8 Å². The van der Waals surface area contributed by atoms with Gasteiger partial charge < -0.3 is 24.3 Å². The van der Waals surface area contributed by atoms with Crippen LogP contribution in [-0.2, 0) is 20.7 Å². The van der Waals surface area contributed by atoms with Crippen LogP contribution in [0.3, 0.4) is 0 Å². The van der Waals surface area contributed by atoms with Crippen LogP contribution < -0.4 is 5.32 Å². The smallest absolute Gasteiger partial charge is 0.410 e. The third-order valence-corrected chi connectivity index (χ3v) is 9.87. The molecule has 0 radical (unpaired) electrons. The lowest BCUT2D eigenvalue weighted by Crippen LogP contribution is -2.58. The second-order valence-electron chi connectivity index (χ2n) is 14.7. The highest BCUT2D eigenvalue weighted by Crippen LogP contribution is 2.30. The van der Waals surface area contributed by atoms with E-state index in [2.05, 4.69) is 10.3 Å². The van der Waals surface area contributed by atoms with Crippen LogP contribution in [-0.4, -0.2) is 98.3 Å². The Morgan fingerprint density at radius 1 is 1.02 bits per heavy atom. The van der Waals surface area contributed by atoms with Gasteiger partial charge in [0.05, 0.1) is 0 Å². The molecule has 1 saturated carbocycles. The molecule has 12 heteroatoms. The number of amides is 4. The Kier molecular flexibility index (Phi) is 11.8. The van der Waals surface area contributed by atoms with Crippen molar-refractivity contribution in [3.8, 4) is 0 Å². The van der Waals surface area contributed by atoms with Crippen LogP contribution in [0, 0.1) is 11.7 Å². The number of benzene rings is 1. The number of carbonyl (C=O) groups excluding carboxylic acids is 4. The third-order valence-electron chi connectivity index (χ3n) is 9.87. The number of carbonyl (C=O) groups is 4. The number of ether oxygens (including phenoxy) is 1. The van der Waals surface area contributed by atoms with E-state index >= 15 is 0 Å².